The van der Waals surface area contributed by atoms with Gasteiger partial charge in [-0.25, -0.2) is 14.9 Å². The molecule has 0 radical (unpaired) electrons. The van der Waals surface area contributed by atoms with Crippen LogP contribution in [0.5, 0.6) is 0 Å². The first kappa shape index (κ1) is 17.1. The Morgan fingerprint density at radius 3 is 2.15 bits per heavy atom. The highest BCUT2D eigenvalue weighted by Crippen LogP contribution is 2.48. The predicted molar refractivity (Wildman–Crippen MR) is 106 cm³/mol. The monoisotopic (exact) mass is 425 g/mol. The van der Waals surface area contributed by atoms with E-state index in [1.165, 1.54) is 10.5 Å². The van der Waals surface area contributed by atoms with Crippen molar-refractivity contribution in [2.75, 3.05) is 18.0 Å². The van der Waals surface area contributed by atoms with E-state index in [2.05, 4.69) is 57.1 Å². The maximum absolute atomic E-state index is 13.4. The number of anilines is 1. The molecule has 3 aliphatic rings. The molecule has 0 saturated carbocycles. The minimum atomic E-state index is -0.394. The first-order valence-electron chi connectivity index (χ1n) is 9.29. The summed E-state index contributed by atoms with van der Waals surface area (Å²) in [7, 11) is 0. The number of halogens is 1. The van der Waals surface area contributed by atoms with Crippen LogP contribution in [0, 0.1) is 12.8 Å². The molecule has 0 aromatic heterocycles. The van der Waals surface area contributed by atoms with Crippen LogP contribution in [0.4, 0.5) is 5.69 Å². The van der Waals surface area contributed by atoms with E-state index in [0.717, 1.165) is 29.5 Å². The van der Waals surface area contributed by atoms with Gasteiger partial charge in [-0.05, 0) is 43.2 Å². The lowest BCUT2D eigenvalue weighted by atomic mass is 9.89. The number of amides is 2. The Morgan fingerprint density at radius 1 is 0.852 bits per heavy atom. The Hall–Kier alpha value is -2.02. The van der Waals surface area contributed by atoms with Crippen LogP contribution in [-0.2, 0) is 9.59 Å². The summed E-state index contributed by atoms with van der Waals surface area (Å²) in [5.74, 6) is -0.551. The average Bonchev–Trinajstić information content (AvgIpc) is 3.30. The van der Waals surface area contributed by atoms with Crippen LogP contribution in [0.25, 0.3) is 0 Å². The average molecular weight is 426 g/mol. The van der Waals surface area contributed by atoms with E-state index in [1.54, 1.807) is 0 Å². The van der Waals surface area contributed by atoms with Gasteiger partial charge in [-0.1, -0.05) is 45.8 Å². The zero-order valence-electron chi connectivity index (χ0n) is 15.0. The summed E-state index contributed by atoms with van der Waals surface area (Å²) in [6.45, 7) is 3.78. The number of benzene rings is 2. The van der Waals surface area contributed by atoms with Gasteiger partial charge in [0.2, 0.25) is 5.91 Å². The van der Waals surface area contributed by atoms with E-state index >= 15 is 0 Å². The Kier molecular flexibility index (Phi) is 3.96. The molecular weight excluding hydrogens is 406 g/mol. The minimum absolute atomic E-state index is 0.0741. The number of carbonyl (C=O) groups is 2. The lowest BCUT2D eigenvalue weighted by Gasteiger charge is -2.29. The molecule has 2 aromatic carbocycles. The van der Waals surface area contributed by atoms with Gasteiger partial charge in [-0.15, -0.1) is 0 Å². The van der Waals surface area contributed by atoms with Crippen LogP contribution in [0.3, 0.4) is 0 Å². The highest BCUT2D eigenvalue weighted by Gasteiger charge is 2.62. The molecule has 3 fully saturated rings. The van der Waals surface area contributed by atoms with Gasteiger partial charge in [0.25, 0.3) is 5.91 Å². The van der Waals surface area contributed by atoms with Crippen LogP contribution < -0.4 is 4.90 Å². The van der Waals surface area contributed by atoms with Crippen LogP contribution in [0.2, 0.25) is 0 Å². The molecule has 0 unspecified atom stereocenters. The van der Waals surface area contributed by atoms with E-state index in [-0.39, 0.29) is 23.8 Å². The second kappa shape index (κ2) is 6.26. The topological polar surface area (TPSA) is 43.9 Å². The molecule has 2 amide bonds. The van der Waals surface area contributed by atoms with Gasteiger partial charge in [-0.2, -0.15) is 0 Å². The molecule has 6 heteroatoms. The SMILES string of the molecule is Cc1ccc([C@@H]2[C@@H]3C(=O)N(c4ccc(Br)cc4)C(=O)[C@H]3N3CCCN23)cc1. The van der Waals surface area contributed by atoms with Crippen molar-refractivity contribution >= 4 is 33.4 Å². The van der Waals surface area contributed by atoms with Gasteiger partial charge in [0, 0.05) is 17.6 Å². The van der Waals surface area contributed by atoms with Gasteiger partial charge in [0.15, 0.2) is 0 Å². The third-order valence-corrected chi connectivity index (χ3v) is 6.44. The Morgan fingerprint density at radius 2 is 1.48 bits per heavy atom. The summed E-state index contributed by atoms with van der Waals surface area (Å²) in [5.41, 5.74) is 2.95. The minimum Gasteiger partial charge on any atom is -0.274 e. The molecule has 0 N–H and O–H groups in total. The summed E-state index contributed by atoms with van der Waals surface area (Å²) >= 11 is 3.41. The molecule has 2 aromatic rings. The highest BCUT2D eigenvalue weighted by atomic mass is 79.9. The molecular formula is C21H20BrN3O2. The Labute approximate surface area is 166 Å². The second-order valence-electron chi connectivity index (χ2n) is 7.49. The normalized spacial score (nSPS) is 28.1. The molecule has 3 aliphatic heterocycles. The van der Waals surface area contributed by atoms with Gasteiger partial charge in [-0.3, -0.25) is 9.59 Å². The Balaban J connectivity index is 1.57. The molecule has 0 aliphatic carbocycles. The highest BCUT2D eigenvalue weighted by molar-refractivity contribution is 9.10. The number of carbonyl (C=O) groups excluding carboxylic acids is 2. The number of aryl methyl sites for hydroxylation is 1. The van der Waals surface area contributed by atoms with Crippen molar-refractivity contribution in [1.82, 2.24) is 10.0 Å². The van der Waals surface area contributed by atoms with Crippen LogP contribution in [0.1, 0.15) is 23.6 Å². The number of nitrogens with zero attached hydrogens (tertiary/aromatic N) is 3. The lowest BCUT2D eigenvalue weighted by Crippen LogP contribution is -2.44. The molecule has 0 spiro atoms. The predicted octanol–water partition coefficient (Wildman–Crippen LogP) is 3.29. The second-order valence-corrected chi connectivity index (χ2v) is 8.41. The van der Waals surface area contributed by atoms with Gasteiger partial charge < -0.3 is 0 Å². The molecule has 3 atom stereocenters. The molecule has 3 heterocycles. The van der Waals surface area contributed by atoms with Crippen molar-refractivity contribution < 1.29 is 9.59 Å². The van der Waals surface area contributed by atoms with Gasteiger partial charge in [0.1, 0.15) is 6.04 Å². The van der Waals surface area contributed by atoms with Crippen LogP contribution in [0.15, 0.2) is 53.0 Å². The van der Waals surface area contributed by atoms with Crippen molar-refractivity contribution in [2.24, 2.45) is 5.92 Å². The largest absolute Gasteiger partial charge is 0.274 e. The molecule has 138 valence electrons. The van der Waals surface area contributed by atoms with Gasteiger partial charge in [0.05, 0.1) is 17.6 Å². The molecule has 27 heavy (non-hydrogen) atoms. The summed E-state index contributed by atoms with van der Waals surface area (Å²) in [4.78, 5) is 28.1. The first-order valence-corrected chi connectivity index (χ1v) is 10.1. The van der Waals surface area contributed by atoms with Crippen LogP contribution in [-0.4, -0.2) is 41.0 Å². The Bertz CT molecular complexity index is 912. The maximum Gasteiger partial charge on any atom is 0.253 e. The smallest absolute Gasteiger partial charge is 0.253 e. The van der Waals surface area contributed by atoms with Crippen molar-refractivity contribution in [2.45, 2.75) is 25.4 Å². The number of rotatable bonds is 2. The number of hydrazine groups is 1. The standard InChI is InChI=1S/C21H20BrN3O2/c1-13-3-5-14(6-4-13)18-17-19(24-12-2-11-23(18)24)21(27)25(20(17)26)16-9-7-15(22)8-10-16/h3-10,17-19H,2,11-12H2,1H3/t17-,18+,19-/m0/s1. The fraction of sp³-hybridized carbons (Fsp3) is 0.333. The summed E-state index contributed by atoms with van der Waals surface area (Å²) < 4.78 is 0.925. The zero-order valence-corrected chi connectivity index (χ0v) is 16.6. The number of hydrogen-bond donors (Lipinski definition) is 0. The van der Waals surface area contributed by atoms with E-state index in [9.17, 15) is 9.59 Å². The fourth-order valence-corrected chi connectivity index (χ4v) is 4.99. The third-order valence-electron chi connectivity index (χ3n) is 5.91. The maximum atomic E-state index is 13.4. The van der Waals surface area contributed by atoms with Crippen molar-refractivity contribution in [3.8, 4) is 0 Å². The quantitative estimate of drug-likeness (QED) is 0.692. The van der Waals surface area contributed by atoms with E-state index in [4.69, 9.17) is 0 Å². The molecule has 3 saturated heterocycles. The molecule has 5 rings (SSSR count). The first-order chi connectivity index (χ1) is 13.1. The van der Waals surface area contributed by atoms with E-state index < -0.39 is 6.04 Å². The number of imide groups is 1. The molecule has 5 nitrogen and oxygen atoms in total. The van der Waals surface area contributed by atoms with Gasteiger partial charge >= 0.3 is 0 Å². The van der Waals surface area contributed by atoms with E-state index in [1.807, 2.05) is 24.3 Å². The lowest BCUT2D eigenvalue weighted by molar-refractivity contribution is -0.126. The van der Waals surface area contributed by atoms with Crippen LogP contribution >= 0.6 is 15.9 Å². The summed E-state index contributed by atoms with van der Waals surface area (Å²) in [6, 6.07) is 15.3. The third kappa shape index (κ3) is 2.51. The van der Waals surface area contributed by atoms with E-state index in [0.29, 0.717) is 5.69 Å². The fourth-order valence-electron chi connectivity index (χ4n) is 4.72. The summed E-state index contributed by atoms with van der Waals surface area (Å²) in [5, 5.41) is 4.38. The van der Waals surface area contributed by atoms with Crippen molar-refractivity contribution in [3.05, 3.63) is 64.1 Å². The molecule has 0 bridgehead atoms. The van der Waals surface area contributed by atoms with Crippen molar-refractivity contribution in [1.29, 1.82) is 0 Å². The summed E-state index contributed by atoms with van der Waals surface area (Å²) in [6.07, 6.45) is 1.02. The number of fused-ring (bicyclic) bond motifs is 3. The van der Waals surface area contributed by atoms with Crippen molar-refractivity contribution in [3.63, 3.8) is 0 Å². The zero-order chi connectivity index (χ0) is 18.7. The number of hydrogen-bond acceptors (Lipinski definition) is 4.